The van der Waals surface area contributed by atoms with Gasteiger partial charge in [-0.05, 0) is 33.2 Å². The van der Waals surface area contributed by atoms with E-state index in [0.717, 1.165) is 18.9 Å². The molecular weight excluding hydrogens is 218 g/mol. The number of likely N-dealkylation sites (N-methyl/N-ethyl adjacent to an activating group) is 1. The SMILES string of the molecule is CNC(C)(CC(C)OCCC1CCC1)C(=O)O. The second-order valence-electron chi connectivity index (χ2n) is 5.36. The van der Waals surface area contributed by atoms with Gasteiger partial charge in [-0.15, -0.1) is 0 Å². The first-order valence-corrected chi connectivity index (χ1v) is 6.52. The van der Waals surface area contributed by atoms with Crippen LogP contribution in [0.4, 0.5) is 0 Å². The zero-order chi connectivity index (χ0) is 12.9. The Morgan fingerprint density at radius 3 is 2.65 bits per heavy atom. The molecule has 0 spiro atoms. The monoisotopic (exact) mass is 243 g/mol. The van der Waals surface area contributed by atoms with Crippen LogP contribution in [0.25, 0.3) is 0 Å². The van der Waals surface area contributed by atoms with Gasteiger partial charge in [0.1, 0.15) is 5.54 Å². The number of ether oxygens (including phenoxy) is 1. The lowest BCUT2D eigenvalue weighted by atomic mass is 9.83. The summed E-state index contributed by atoms with van der Waals surface area (Å²) in [4.78, 5) is 11.1. The zero-order valence-corrected chi connectivity index (χ0v) is 11.2. The molecule has 1 rings (SSSR count). The number of rotatable bonds is 8. The Balaban J connectivity index is 2.22. The van der Waals surface area contributed by atoms with Gasteiger partial charge in [0.05, 0.1) is 6.10 Å². The maximum absolute atomic E-state index is 11.1. The van der Waals surface area contributed by atoms with Crippen molar-refractivity contribution in [2.75, 3.05) is 13.7 Å². The standard InChI is InChI=1S/C13H25NO3/c1-10(9-13(2,14-3)12(15)16)17-8-7-11-5-4-6-11/h10-11,14H,4-9H2,1-3H3,(H,15,16). The van der Waals surface area contributed by atoms with E-state index in [1.807, 2.05) is 6.92 Å². The second-order valence-corrected chi connectivity index (χ2v) is 5.36. The first kappa shape index (κ1) is 14.5. The molecule has 0 aromatic carbocycles. The minimum Gasteiger partial charge on any atom is -0.480 e. The Labute approximate surface area is 104 Å². The molecule has 2 atom stereocenters. The Kier molecular flexibility index (Phi) is 5.40. The fraction of sp³-hybridized carbons (Fsp3) is 0.923. The van der Waals surface area contributed by atoms with Crippen molar-refractivity contribution in [2.45, 2.75) is 57.6 Å². The molecule has 4 nitrogen and oxygen atoms in total. The average molecular weight is 243 g/mol. The molecule has 0 heterocycles. The smallest absolute Gasteiger partial charge is 0.323 e. The van der Waals surface area contributed by atoms with Gasteiger partial charge in [-0.1, -0.05) is 19.3 Å². The van der Waals surface area contributed by atoms with Crippen LogP contribution >= 0.6 is 0 Å². The minimum absolute atomic E-state index is 0.0244. The summed E-state index contributed by atoms with van der Waals surface area (Å²) in [6.45, 7) is 4.39. The molecule has 0 aromatic heterocycles. The van der Waals surface area contributed by atoms with Gasteiger partial charge in [0, 0.05) is 13.0 Å². The van der Waals surface area contributed by atoms with Crippen LogP contribution in [-0.4, -0.2) is 36.4 Å². The maximum atomic E-state index is 11.1. The average Bonchev–Trinajstić information content (AvgIpc) is 2.21. The number of hydrogen-bond acceptors (Lipinski definition) is 3. The number of aliphatic carboxylic acids is 1. The van der Waals surface area contributed by atoms with E-state index in [4.69, 9.17) is 9.84 Å². The topological polar surface area (TPSA) is 58.6 Å². The van der Waals surface area contributed by atoms with Crippen molar-refractivity contribution in [3.05, 3.63) is 0 Å². The highest BCUT2D eigenvalue weighted by atomic mass is 16.5. The highest BCUT2D eigenvalue weighted by Gasteiger charge is 2.33. The largest absolute Gasteiger partial charge is 0.480 e. The summed E-state index contributed by atoms with van der Waals surface area (Å²) in [6, 6.07) is 0. The fourth-order valence-corrected chi connectivity index (χ4v) is 2.15. The molecule has 1 saturated carbocycles. The van der Waals surface area contributed by atoms with Gasteiger partial charge in [-0.3, -0.25) is 4.79 Å². The molecule has 0 saturated heterocycles. The van der Waals surface area contributed by atoms with E-state index in [9.17, 15) is 4.79 Å². The summed E-state index contributed by atoms with van der Waals surface area (Å²) in [5, 5.41) is 12.0. The second kappa shape index (κ2) is 6.36. The summed E-state index contributed by atoms with van der Waals surface area (Å²) in [6.07, 6.45) is 5.61. The number of carbonyl (C=O) groups is 1. The van der Waals surface area contributed by atoms with Gasteiger partial charge in [0.25, 0.3) is 0 Å². The van der Waals surface area contributed by atoms with Crippen LogP contribution < -0.4 is 5.32 Å². The Morgan fingerprint density at radius 2 is 2.24 bits per heavy atom. The molecule has 0 amide bonds. The molecule has 0 radical (unpaired) electrons. The molecule has 4 heteroatoms. The summed E-state index contributed by atoms with van der Waals surface area (Å²) in [5.41, 5.74) is -0.893. The van der Waals surface area contributed by atoms with Crippen molar-refractivity contribution in [2.24, 2.45) is 5.92 Å². The van der Waals surface area contributed by atoms with Crippen LogP contribution in [0.2, 0.25) is 0 Å². The van der Waals surface area contributed by atoms with E-state index in [1.165, 1.54) is 19.3 Å². The third-order valence-corrected chi connectivity index (χ3v) is 3.87. The Hall–Kier alpha value is -0.610. The molecule has 17 heavy (non-hydrogen) atoms. The first-order chi connectivity index (χ1) is 7.98. The van der Waals surface area contributed by atoms with Crippen molar-refractivity contribution in [3.63, 3.8) is 0 Å². The maximum Gasteiger partial charge on any atom is 0.323 e. The van der Waals surface area contributed by atoms with Crippen molar-refractivity contribution in [1.82, 2.24) is 5.32 Å². The van der Waals surface area contributed by atoms with Crippen LogP contribution in [0.1, 0.15) is 46.0 Å². The summed E-state index contributed by atoms with van der Waals surface area (Å²) in [5.74, 6) is 0.0202. The van der Waals surface area contributed by atoms with E-state index < -0.39 is 11.5 Å². The first-order valence-electron chi connectivity index (χ1n) is 6.52. The molecule has 1 fully saturated rings. The zero-order valence-electron chi connectivity index (χ0n) is 11.2. The van der Waals surface area contributed by atoms with Crippen LogP contribution in [0.5, 0.6) is 0 Å². The van der Waals surface area contributed by atoms with Crippen molar-refractivity contribution >= 4 is 5.97 Å². The van der Waals surface area contributed by atoms with Gasteiger partial charge in [-0.25, -0.2) is 0 Å². The van der Waals surface area contributed by atoms with Gasteiger partial charge in [0.15, 0.2) is 0 Å². The molecule has 2 unspecified atom stereocenters. The molecule has 1 aliphatic carbocycles. The predicted octanol–water partition coefficient (Wildman–Crippen LogP) is 2.03. The lowest BCUT2D eigenvalue weighted by Crippen LogP contribution is -2.49. The fourth-order valence-electron chi connectivity index (χ4n) is 2.15. The highest BCUT2D eigenvalue weighted by molar-refractivity contribution is 5.78. The van der Waals surface area contributed by atoms with Crippen molar-refractivity contribution in [1.29, 1.82) is 0 Å². The normalized spacial score (nSPS) is 21.6. The lowest BCUT2D eigenvalue weighted by Gasteiger charge is -2.29. The Morgan fingerprint density at radius 1 is 1.59 bits per heavy atom. The van der Waals surface area contributed by atoms with Crippen LogP contribution in [0.3, 0.4) is 0 Å². The summed E-state index contributed by atoms with van der Waals surface area (Å²) >= 11 is 0. The van der Waals surface area contributed by atoms with Crippen LogP contribution in [0.15, 0.2) is 0 Å². The molecule has 0 aromatic rings. The van der Waals surface area contributed by atoms with Gasteiger partial charge >= 0.3 is 5.97 Å². The van der Waals surface area contributed by atoms with E-state index in [-0.39, 0.29) is 6.10 Å². The molecule has 0 aliphatic heterocycles. The Bertz CT molecular complexity index is 253. The quantitative estimate of drug-likeness (QED) is 0.685. The van der Waals surface area contributed by atoms with Crippen molar-refractivity contribution in [3.8, 4) is 0 Å². The number of nitrogens with one attached hydrogen (secondary N) is 1. The lowest BCUT2D eigenvalue weighted by molar-refractivity contribution is -0.145. The minimum atomic E-state index is -0.893. The summed E-state index contributed by atoms with van der Waals surface area (Å²) < 4.78 is 5.69. The van der Waals surface area contributed by atoms with Gasteiger partial charge < -0.3 is 15.2 Å². The van der Waals surface area contributed by atoms with Gasteiger partial charge in [-0.2, -0.15) is 0 Å². The van der Waals surface area contributed by atoms with E-state index in [2.05, 4.69) is 5.32 Å². The molecule has 0 bridgehead atoms. The molecule has 100 valence electrons. The molecular formula is C13H25NO3. The predicted molar refractivity (Wildman–Crippen MR) is 67.1 cm³/mol. The van der Waals surface area contributed by atoms with E-state index in [1.54, 1.807) is 14.0 Å². The van der Waals surface area contributed by atoms with Gasteiger partial charge in [0.2, 0.25) is 0 Å². The van der Waals surface area contributed by atoms with Crippen molar-refractivity contribution < 1.29 is 14.6 Å². The highest BCUT2D eigenvalue weighted by Crippen LogP contribution is 2.29. The third-order valence-electron chi connectivity index (χ3n) is 3.87. The van der Waals surface area contributed by atoms with E-state index >= 15 is 0 Å². The number of carboxylic acids is 1. The van der Waals surface area contributed by atoms with Crippen LogP contribution in [0, 0.1) is 5.92 Å². The number of hydrogen-bond donors (Lipinski definition) is 2. The van der Waals surface area contributed by atoms with Crippen LogP contribution in [-0.2, 0) is 9.53 Å². The molecule has 1 aliphatic rings. The van der Waals surface area contributed by atoms with E-state index in [0.29, 0.717) is 6.42 Å². The third kappa shape index (κ3) is 4.28. The molecule has 2 N–H and O–H groups in total. The summed E-state index contributed by atoms with van der Waals surface area (Å²) in [7, 11) is 1.68. The number of carboxylic acid groups (broad SMARTS) is 1.